The van der Waals surface area contributed by atoms with Crippen molar-refractivity contribution in [1.82, 2.24) is 0 Å². The number of nitrogens with two attached hydrogens (primary N) is 1. The van der Waals surface area contributed by atoms with Gasteiger partial charge in [0, 0.05) is 6.54 Å². The maximum absolute atomic E-state index is 12.7. The Hall–Kier alpha value is -1.55. The molecule has 1 aromatic rings. The molecule has 0 heterocycles. The standard InChI is InChI=1S/C17H26N2O2/c1-11-4-6-17(10-18,7-5-11)16(21)19-14-9-12(2)8-13(3)15(14)20/h8-9,11,20H,4-7,10,18H2,1-3H3,(H,19,21). The van der Waals surface area contributed by atoms with Crippen LogP contribution in [0.15, 0.2) is 12.1 Å². The van der Waals surface area contributed by atoms with Crippen molar-refractivity contribution in [3.63, 3.8) is 0 Å². The van der Waals surface area contributed by atoms with Crippen molar-refractivity contribution < 1.29 is 9.90 Å². The average Bonchev–Trinajstić information content (AvgIpc) is 2.45. The molecule has 2 rings (SSSR count). The lowest BCUT2D eigenvalue weighted by Crippen LogP contribution is -2.44. The number of benzene rings is 1. The molecule has 0 aliphatic heterocycles. The normalized spacial score (nSPS) is 25.6. The second-order valence-corrected chi connectivity index (χ2v) is 6.60. The zero-order valence-electron chi connectivity index (χ0n) is 13.2. The first-order valence-electron chi connectivity index (χ1n) is 7.70. The molecule has 1 aromatic carbocycles. The van der Waals surface area contributed by atoms with E-state index >= 15 is 0 Å². The maximum atomic E-state index is 12.7. The van der Waals surface area contributed by atoms with Crippen molar-refractivity contribution >= 4 is 11.6 Å². The second-order valence-electron chi connectivity index (χ2n) is 6.60. The Bertz CT molecular complexity index is 532. The van der Waals surface area contributed by atoms with Gasteiger partial charge >= 0.3 is 0 Å². The molecule has 1 aliphatic rings. The van der Waals surface area contributed by atoms with Crippen molar-refractivity contribution in [2.75, 3.05) is 11.9 Å². The number of rotatable bonds is 3. The van der Waals surface area contributed by atoms with Gasteiger partial charge in [-0.2, -0.15) is 0 Å². The summed E-state index contributed by atoms with van der Waals surface area (Å²) in [5.74, 6) is 0.745. The van der Waals surface area contributed by atoms with Crippen molar-refractivity contribution in [2.45, 2.75) is 46.5 Å². The molecule has 4 nitrogen and oxygen atoms in total. The number of nitrogens with one attached hydrogen (secondary N) is 1. The lowest BCUT2D eigenvalue weighted by Gasteiger charge is -2.37. The van der Waals surface area contributed by atoms with E-state index in [1.165, 1.54) is 0 Å². The fraction of sp³-hybridized carbons (Fsp3) is 0.588. The summed E-state index contributed by atoms with van der Waals surface area (Å²) < 4.78 is 0. The second kappa shape index (κ2) is 6.06. The molecule has 4 heteroatoms. The highest BCUT2D eigenvalue weighted by Crippen LogP contribution is 2.40. The molecule has 0 atom stereocenters. The van der Waals surface area contributed by atoms with Gasteiger partial charge in [-0.05, 0) is 62.6 Å². The molecule has 0 radical (unpaired) electrons. The first-order chi connectivity index (χ1) is 9.88. The lowest BCUT2D eigenvalue weighted by molar-refractivity contribution is -0.127. The van der Waals surface area contributed by atoms with E-state index in [4.69, 9.17) is 5.73 Å². The molecular weight excluding hydrogens is 264 g/mol. The molecule has 0 saturated heterocycles. The van der Waals surface area contributed by atoms with E-state index in [0.29, 0.717) is 18.2 Å². The third kappa shape index (κ3) is 3.21. The third-order valence-corrected chi connectivity index (χ3v) is 4.80. The maximum Gasteiger partial charge on any atom is 0.231 e. The highest BCUT2D eigenvalue weighted by Gasteiger charge is 2.40. The van der Waals surface area contributed by atoms with Gasteiger partial charge in [0.2, 0.25) is 5.91 Å². The fourth-order valence-corrected chi connectivity index (χ4v) is 3.15. The Labute approximate surface area is 126 Å². The van der Waals surface area contributed by atoms with E-state index in [1.807, 2.05) is 19.9 Å². The number of amides is 1. The molecule has 1 saturated carbocycles. The van der Waals surface area contributed by atoms with Gasteiger partial charge in [0.25, 0.3) is 0 Å². The number of carbonyl (C=O) groups excluding carboxylic acids is 1. The van der Waals surface area contributed by atoms with E-state index in [-0.39, 0.29) is 11.7 Å². The number of hydrogen-bond acceptors (Lipinski definition) is 3. The fourth-order valence-electron chi connectivity index (χ4n) is 3.15. The molecule has 4 N–H and O–H groups in total. The smallest absolute Gasteiger partial charge is 0.231 e. The summed E-state index contributed by atoms with van der Waals surface area (Å²) in [5.41, 5.74) is 7.69. The number of carbonyl (C=O) groups is 1. The van der Waals surface area contributed by atoms with Gasteiger partial charge in [0.05, 0.1) is 11.1 Å². The van der Waals surface area contributed by atoms with Crippen LogP contribution in [0.3, 0.4) is 0 Å². The van der Waals surface area contributed by atoms with E-state index in [0.717, 1.165) is 36.8 Å². The number of phenols is 1. The quantitative estimate of drug-likeness (QED) is 0.749. The Balaban J connectivity index is 2.21. The number of aryl methyl sites for hydroxylation is 2. The SMILES string of the molecule is Cc1cc(C)c(O)c(NC(=O)C2(CN)CCC(C)CC2)c1. The first kappa shape index (κ1) is 15.8. The van der Waals surface area contributed by atoms with Gasteiger partial charge in [-0.15, -0.1) is 0 Å². The number of aromatic hydroxyl groups is 1. The number of anilines is 1. The Morgan fingerprint density at radius 2 is 2.00 bits per heavy atom. The first-order valence-corrected chi connectivity index (χ1v) is 7.70. The monoisotopic (exact) mass is 290 g/mol. The van der Waals surface area contributed by atoms with E-state index in [2.05, 4.69) is 12.2 Å². The Kier molecular flexibility index (Phi) is 4.57. The van der Waals surface area contributed by atoms with Crippen LogP contribution < -0.4 is 11.1 Å². The summed E-state index contributed by atoms with van der Waals surface area (Å²) in [4.78, 5) is 12.7. The van der Waals surface area contributed by atoms with Gasteiger partial charge in [0.1, 0.15) is 5.75 Å². The minimum atomic E-state index is -0.489. The van der Waals surface area contributed by atoms with Gasteiger partial charge in [0.15, 0.2) is 0 Å². The summed E-state index contributed by atoms with van der Waals surface area (Å²) in [6.45, 7) is 6.35. The van der Waals surface area contributed by atoms with Crippen LogP contribution >= 0.6 is 0 Å². The molecule has 21 heavy (non-hydrogen) atoms. The highest BCUT2D eigenvalue weighted by molar-refractivity contribution is 5.97. The van der Waals surface area contributed by atoms with Gasteiger partial charge in [-0.25, -0.2) is 0 Å². The van der Waals surface area contributed by atoms with Crippen molar-refractivity contribution in [3.05, 3.63) is 23.3 Å². The van der Waals surface area contributed by atoms with Crippen LogP contribution in [0.1, 0.15) is 43.7 Å². The van der Waals surface area contributed by atoms with Gasteiger partial charge in [-0.1, -0.05) is 13.0 Å². The van der Waals surface area contributed by atoms with Crippen molar-refractivity contribution in [1.29, 1.82) is 0 Å². The topological polar surface area (TPSA) is 75.3 Å². The van der Waals surface area contributed by atoms with Gasteiger partial charge in [-0.3, -0.25) is 4.79 Å². The molecule has 0 spiro atoms. The zero-order valence-corrected chi connectivity index (χ0v) is 13.2. The summed E-state index contributed by atoms with van der Waals surface area (Å²) in [6, 6.07) is 3.70. The molecule has 0 bridgehead atoms. The molecule has 0 aromatic heterocycles. The largest absolute Gasteiger partial charge is 0.505 e. The minimum absolute atomic E-state index is 0.0581. The number of phenolic OH excluding ortho intramolecular Hbond substituents is 1. The summed E-state index contributed by atoms with van der Waals surface area (Å²) in [7, 11) is 0. The average molecular weight is 290 g/mol. The van der Waals surface area contributed by atoms with Crippen molar-refractivity contribution in [3.8, 4) is 5.75 Å². The van der Waals surface area contributed by atoms with Crippen LogP contribution in [-0.4, -0.2) is 17.6 Å². The highest BCUT2D eigenvalue weighted by atomic mass is 16.3. The summed E-state index contributed by atoms with van der Waals surface area (Å²) >= 11 is 0. The molecule has 1 fully saturated rings. The predicted molar refractivity (Wildman–Crippen MR) is 85.3 cm³/mol. The third-order valence-electron chi connectivity index (χ3n) is 4.80. The lowest BCUT2D eigenvalue weighted by atomic mass is 9.70. The molecule has 116 valence electrons. The van der Waals surface area contributed by atoms with Crippen LogP contribution in [0.25, 0.3) is 0 Å². The number of hydrogen-bond donors (Lipinski definition) is 3. The minimum Gasteiger partial charge on any atom is -0.505 e. The Morgan fingerprint density at radius 1 is 1.38 bits per heavy atom. The van der Waals surface area contributed by atoms with Crippen molar-refractivity contribution in [2.24, 2.45) is 17.1 Å². The van der Waals surface area contributed by atoms with E-state index in [1.54, 1.807) is 6.07 Å². The van der Waals surface area contributed by atoms with Crippen LogP contribution in [0.4, 0.5) is 5.69 Å². The molecular formula is C17H26N2O2. The Morgan fingerprint density at radius 3 is 2.57 bits per heavy atom. The summed E-state index contributed by atoms with van der Waals surface area (Å²) in [5, 5.41) is 13.0. The van der Waals surface area contributed by atoms with E-state index in [9.17, 15) is 9.90 Å². The van der Waals surface area contributed by atoms with Crippen LogP contribution in [-0.2, 0) is 4.79 Å². The molecule has 0 unspecified atom stereocenters. The van der Waals surface area contributed by atoms with Crippen LogP contribution in [0.2, 0.25) is 0 Å². The summed E-state index contributed by atoms with van der Waals surface area (Å²) in [6.07, 6.45) is 3.71. The van der Waals surface area contributed by atoms with E-state index < -0.39 is 5.41 Å². The molecule has 1 aliphatic carbocycles. The molecule has 1 amide bonds. The predicted octanol–water partition coefficient (Wildman–Crippen LogP) is 3.10. The zero-order chi connectivity index (χ0) is 15.6. The van der Waals surface area contributed by atoms with Crippen LogP contribution in [0.5, 0.6) is 5.75 Å². The van der Waals surface area contributed by atoms with Crippen LogP contribution in [0, 0.1) is 25.2 Å². The van der Waals surface area contributed by atoms with Gasteiger partial charge < -0.3 is 16.2 Å².